The summed E-state index contributed by atoms with van der Waals surface area (Å²) >= 11 is 8.48. The van der Waals surface area contributed by atoms with Gasteiger partial charge in [-0.25, -0.2) is 8.78 Å². The molecule has 5 heteroatoms. The molecule has 0 heterocycles. The highest BCUT2D eigenvalue weighted by molar-refractivity contribution is 9.10. The molecule has 0 radical (unpaired) electrons. The van der Waals surface area contributed by atoms with Gasteiger partial charge in [0.1, 0.15) is 12.4 Å². The van der Waals surface area contributed by atoms with E-state index in [0.29, 0.717) is 5.57 Å². The summed E-state index contributed by atoms with van der Waals surface area (Å²) in [5.41, 5.74) is 0.618. The highest BCUT2D eigenvalue weighted by atomic mass is 79.9. The van der Waals surface area contributed by atoms with E-state index >= 15 is 0 Å². The Kier molecular flexibility index (Phi) is 4.54. The molecule has 15 heavy (non-hydrogen) atoms. The maximum absolute atomic E-state index is 13.2. The van der Waals surface area contributed by atoms with Gasteiger partial charge < -0.3 is 4.74 Å². The molecule has 0 aliphatic carbocycles. The molecule has 0 aliphatic heterocycles. The van der Waals surface area contributed by atoms with Gasteiger partial charge in [-0.3, -0.25) is 0 Å². The van der Waals surface area contributed by atoms with E-state index in [2.05, 4.69) is 22.5 Å². The summed E-state index contributed by atoms with van der Waals surface area (Å²) in [7, 11) is 0. The molecule has 1 rings (SSSR count). The van der Waals surface area contributed by atoms with Gasteiger partial charge in [-0.05, 0) is 27.6 Å². The summed E-state index contributed by atoms with van der Waals surface area (Å²) in [6, 6.07) is 1.88. The number of benzene rings is 1. The normalized spacial score (nSPS) is 10.1. The lowest BCUT2D eigenvalue weighted by molar-refractivity contribution is 0.329. The van der Waals surface area contributed by atoms with Gasteiger partial charge in [0.15, 0.2) is 11.6 Å². The largest absolute Gasteiger partial charge is 0.485 e. The molecule has 0 atom stereocenters. The Bertz CT molecular complexity index is 359. The highest BCUT2D eigenvalue weighted by Gasteiger charge is 2.11. The third kappa shape index (κ3) is 3.47. The number of hydrogen-bond donors (Lipinski definition) is 0. The monoisotopic (exact) mass is 296 g/mol. The third-order valence-corrected chi connectivity index (χ3v) is 2.54. The molecule has 0 spiro atoms. The highest BCUT2D eigenvalue weighted by Crippen LogP contribution is 2.29. The second-order valence-corrected chi connectivity index (χ2v) is 3.99. The maximum Gasteiger partial charge on any atom is 0.169 e. The van der Waals surface area contributed by atoms with Crippen LogP contribution in [0.3, 0.4) is 0 Å². The molecule has 0 unspecified atom stereocenters. The Morgan fingerprint density at radius 3 is 2.67 bits per heavy atom. The van der Waals surface area contributed by atoms with Crippen LogP contribution in [0.2, 0.25) is 0 Å². The van der Waals surface area contributed by atoms with Crippen LogP contribution in [0, 0.1) is 11.6 Å². The Morgan fingerprint density at radius 2 is 2.13 bits per heavy atom. The minimum absolute atomic E-state index is 0.0392. The fraction of sp³-hybridized carbons (Fsp3) is 0.200. The molecule has 1 nitrogen and oxygen atoms in total. The molecule has 82 valence electrons. The van der Waals surface area contributed by atoms with Crippen LogP contribution in [0.1, 0.15) is 0 Å². The van der Waals surface area contributed by atoms with E-state index in [1.807, 2.05) is 0 Å². The van der Waals surface area contributed by atoms with Crippen LogP contribution in [0.4, 0.5) is 8.78 Å². The fourth-order valence-corrected chi connectivity index (χ4v) is 1.48. The zero-order valence-electron chi connectivity index (χ0n) is 7.70. The molecule has 0 aromatic heterocycles. The Hall–Kier alpha value is -0.610. The quantitative estimate of drug-likeness (QED) is 0.605. The summed E-state index contributed by atoms with van der Waals surface area (Å²) in [6.45, 7) is 3.70. The molecule has 0 saturated carbocycles. The van der Waals surface area contributed by atoms with E-state index < -0.39 is 11.6 Å². The van der Waals surface area contributed by atoms with E-state index in [-0.39, 0.29) is 22.7 Å². The predicted molar refractivity (Wildman–Crippen MR) is 59.4 cm³/mol. The fourth-order valence-electron chi connectivity index (χ4n) is 0.880. The van der Waals surface area contributed by atoms with E-state index in [9.17, 15) is 8.78 Å². The number of alkyl halides is 1. The van der Waals surface area contributed by atoms with E-state index in [1.165, 1.54) is 0 Å². The van der Waals surface area contributed by atoms with Crippen molar-refractivity contribution in [3.8, 4) is 5.75 Å². The Balaban J connectivity index is 2.81. The summed E-state index contributed by atoms with van der Waals surface area (Å²) in [6.07, 6.45) is 0. The van der Waals surface area contributed by atoms with Crippen molar-refractivity contribution in [3.05, 3.63) is 40.4 Å². The lowest BCUT2D eigenvalue weighted by Crippen LogP contribution is -2.03. The van der Waals surface area contributed by atoms with Gasteiger partial charge in [0.2, 0.25) is 0 Å². The first-order valence-electron chi connectivity index (χ1n) is 4.04. The molecule has 0 saturated heterocycles. The van der Waals surface area contributed by atoms with Crippen LogP contribution < -0.4 is 4.74 Å². The van der Waals surface area contributed by atoms with Gasteiger partial charge >= 0.3 is 0 Å². The van der Waals surface area contributed by atoms with Crippen LogP contribution >= 0.6 is 27.5 Å². The summed E-state index contributed by atoms with van der Waals surface area (Å²) < 4.78 is 31.2. The second kappa shape index (κ2) is 5.47. The average molecular weight is 298 g/mol. The second-order valence-electron chi connectivity index (χ2n) is 2.87. The molecule has 0 bridgehead atoms. The lowest BCUT2D eigenvalue weighted by Gasteiger charge is -2.09. The number of rotatable bonds is 4. The molecule has 0 N–H and O–H groups in total. The average Bonchev–Trinajstić information content (AvgIpc) is 2.15. The van der Waals surface area contributed by atoms with Crippen LogP contribution in [0.25, 0.3) is 0 Å². The van der Waals surface area contributed by atoms with E-state index in [1.54, 1.807) is 0 Å². The third-order valence-electron chi connectivity index (χ3n) is 1.57. The SMILES string of the molecule is C=C(CCl)COc1c(F)cc(F)cc1Br. The first kappa shape index (κ1) is 12.5. The van der Waals surface area contributed by atoms with Crippen molar-refractivity contribution in [1.82, 2.24) is 0 Å². The molecule has 0 fully saturated rings. The minimum Gasteiger partial charge on any atom is -0.485 e. The smallest absolute Gasteiger partial charge is 0.169 e. The molecule has 0 aliphatic rings. The summed E-state index contributed by atoms with van der Waals surface area (Å²) in [4.78, 5) is 0. The lowest BCUT2D eigenvalue weighted by atomic mass is 10.3. The van der Waals surface area contributed by atoms with Gasteiger partial charge in [-0.15, -0.1) is 11.6 Å². The number of ether oxygens (including phenoxy) is 1. The predicted octanol–water partition coefficient (Wildman–Crippen LogP) is 3.90. The molecular weight excluding hydrogens is 289 g/mol. The number of halogens is 4. The Labute approximate surface area is 99.8 Å². The molecular formula is C10H8BrClF2O. The van der Waals surface area contributed by atoms with E-state index in [4.69, 9.17) is 16.3 Å². The summed E-state index contributed by atoms with van der Waals surface area (Å²) in [5.74, 6) is -1.23. The van der Waals surface area contributed by atoms with Crippen LogP contribution in [-0.4, -0.2) is 12.5 Å². The minimum atomic E-state index is -0.760. The van der Waals surface area contributed by atoms with Crippen molar-refractivity contribution in [1.29, 1.82) is 0 Å². The van der Waals surface area contributed by atoms with Crippen LogP contribution in [0.5, 0.6) is 5.75 Å². The van der Waals surface area contributed by atoms with Crippen molar-refractivity contribution >= 4 is 27.5 Å². The molecule has 1 aromatic rings. The van der Waals surface area contributed by atoms with Crippen LogP contribution in [-0.2, 0) is 0 Å². The van der Waals surface area contributed by atoms with Crippen LogP contribution in [0.15, 0.2) is 28.8 Å². The molecule has 0 amide bonds. The van der Waals surface area contributed by atoms with Crippen molar-refractivity contribution in [2.45, 2.75) is 0 Å². The number of hydrogen-bond acceptors (Lipinski definition) is 1. The van der Waals surface area contributed by atoms with E-state index in [0.717, 1.165) is 12.1 Å². The van der Waals surface area contributed by atoms with Crippen molar-refractivity contribution < 1.29 is 13.5 Å². The first-order chi connectivity index (χ1) is 7.04. The first-order valence-corrected chi connectivity index (χ1v) is 5.37. The zero-order valence-corrected chi connectivity index (χ0v) is 10.0. The van der Waals surface area contributed by atoms with Gasteiger partial charge in [-0.2, -0.15) is 0 Å². The topological polar surface area (TPSA) is 9.23 Å². The van der Waals surface area contributed by atoms with Gasteiger partial charge in [-0.1, -0.05) is 6.58 Å². The summed E-state index contributed by atoms with van der Waals surface area (Å²) in [5, 5.41) is 0. The molecule has 1 aromatic carbocycles. The zero-order chi connectivity index (χ0) is 11.4. The van der Waals surface area contributed by atoms with Crippen molar-refractivity contribution in [2.24, 2.45) is 0 Å². The van der Waals surface area contributed by atoms with Crippen molar-refractivity contribution in [3.63, 3.8) is 0 Å². The standard InChI is InChI=1S/C10H8BrClF2O/c1-6(4-12)5-15-10-8(11)2-7(13)3-9(10)14/h2-3H,1,4-5H2. The van der Waals surface area contributed by atoms with Gasteiger partial charge in [0, 0.05) is 11.9 Å². The van der Waals surface area contributed by atoms with Gasteiger partial charge in [0.05, 0.1) is 4.47 Å². The Morgan fingerprint density at radius 1 is 1.47 bits per heavy atom. The van der Waals surface area contributed by atoms with Crippen molar-refractivity contribution in [2.75, 3.05) is 12.5 Å². The van der Waals surface area contributed by atoms with Gasteiger partial charge in [0.25, 0.3) is 0 Å². The maximum atomic E-state index is 13.2.